The fourth-order valence-electron chi connectivity index (χ4n) is 2.76. The average Bonchev–Trinajstić information content (AvgIpc) is 2.64. The summed E-state index contributed by atoms with van der Waals surface area (Å²) in [7, 11) is 0. The summed E-state index contributed by atoms with van der Waals surface area (Å²) >= 11 is 0. The Kier molecular flexibility index (Phi) is 16.3. The highest BCUT2D eigenvalue weighted by molar-refractivity contribution is 5.76. The highest BCUT2D eigenvalue weighted by atomic mass is 16.5. The van der Waals surface area contributed by atoms with Crippen molar-refractivity contribution >= 4 is 5.91 Å². The van der Waals surface area contributed by atoms with Gasteiger partial charge in [0, 0.05) is 21.1 Å². The van der Waals surface area contributed by atoms with Gasteiger partial charge in [-0.25, -0.2) is 0 Å². The van der Waals surface area contributed by atoms with Crippen LogP contribution in [0.2, 0.25) is 0 Å². The Labute approximate surface area is 155 Å². The number of amides is 1. The molecule has 6 heteroatoms. The normalized spacial score (nSPS) is 15.2. The SMILES string of the molecule is CC.CC(C)C1CCN(C(=O)CCOCCOCCOCCN)CC1.[HH]. The summed E-state index contributed by atoms with van der Waals surface area (Å²) in [5, 5.41) is 0. The second-order valence-electron chi connectivity index (χ2n) is 6.34. The smallest absolute Gasteiger partial charge is 0.224 e. The van der Waals surface area contributed by atoms with Gasteiger partial charge in [0.1, 0.15) is 0 Å². The first-order valence-corrected chi connectivity index (χ1v) is 9.86. The van der Waals surface area contributed by atoms with Crippen LogP contribution in [0.15, 0.2) is 0 Å². The zero-order valence-electron chi connectivity index (χ0n) is 16.8. The van der Waals surface area contributed by atoms with Crippen molar-refractivity contribution in [3.05, 3.63) is 0 Å². The van der Waals surface area contributed by atoms with Crippen LogP contribution in [0, 0.1) is 11.8 Å². The Hall–Kier alpha value is -0.690. The second-order valence-corrected chi connectivity index (χ2v) is 6.34. The number of nitrogens with zero attached hydrogens (tertiary/aromatic N) is 1. The Morgan fingerprint density at radius 3 is 1.96 bits per heavy atom. The van der Waals surface area contributed by atoms with E-state index in [-0.39, 0.29) is 7.33 Å². The van der Waals surface area contributed by atoms with Gasteiger partial charge >= 0.3 is 0 Å². The van der Waals surface area contributed by atoms with Crippen molar-refractivity contribution in [3.8, 4) is 0 Å². The summed E-state index contributed by atoms with van der Waals surface area (Å²) in [4.78, 5) is 14.1. The van der Waals surface area contributed by atoms with Crippen LogP contribution in [0.4, 0.5) is 0 Å². The second kappa shape index (κ2) is 16.8. The molecule has 0 bridgehead atoms. The van der Waals surface area contributed by atoms with Crippen LogP contribution in [0.1, 0.15) is 48.4 Å². The number of likely N-dealkylation sites (tertiary alicyclic amines) is 1. The van der Waals surface area contributed by atoms with E-state index in [9.17, 15) is 4.79 Å². The van der Waals surface area contributed by atoms with Crippen molar-refractivity contribution in [2.24, 2.45) is 17.6 Å². The van der Waals surface area contributed by atoms with E-state index in [1.165, 1.54) is 0 Å². The third-order valence-corrected chi connectivity index (χ3v) is 4.30. The molecule has 25 heavy (non-hydrogen) atoms. The van der Waals surface area contributed by atoms with Crippen molar-refractivity contribution in [1.82, 2.24) is 4.90 Å². The van der Waals surface area contributed by atoms with Gasteiger partial charge in [0.05, 0.1) is 46.1 Å². The van der Waals surface area contributed by atoms with Gasteiger partial charge in [0.2, 0.25) is 5.91 Å². The molecule has 0 aliphatic carbocycles. The number of hydrogen-bond acceptors (Lipinski definition) is 5. The highest BCUT2D eigenvalue weighted by Gasteiger charge is 2.24. The standard InChI is InChI=1S/C17H34N2O4.C2H6.H2/c1-15(2)16-3-7-19(8-4-16)17(20)5-9-21-11-13-23-14-12-22-10-6-18;1-2;/h15-16H,3-14,18H2,1-2H3;1-2H3;1H. The maximum Gasteiger partial charge on any atom is 0.224 e. The minimum Gasteiger partial charge on any atom is -0.379 e. The summed E-state index contributed by atoms with van der Waals surface area (Å²) in [5.74, 6) is 1.70. The minimum absolute atomic E-state index is 0. The number of rotatable bonds is 12. The highest BCUT2D eigenvalue weighted by Crippen LogP contribution is 2.24. The number of hydrogen-bond donors (Lipinski definition) is 1. The van der Waals surface area contributed by atoms with Crippen LogP contribution in [-0.4, -0.2) is 70.1 Å². The largest absolute Gasteiger partial charge is 0.379 e. The molecule has 1 rings (SSSR count). The minimum atomic E-state index is 0. The molecule has 0 saturated carbocycles. The van der Waals surface area contributed by atoms with Gasteiger partial charge in [-0.05, 0) is 24.7 Å². The number of piperidine rings is 1. The molecule has 1 saturated heterocycles. The molecule has 0 aromatic rings. The van der Waals surface area contributed by atoms with Crippen LogP contribution < -0.4 is 5.73 Å². The molecule has 1 heterocycles. The summed E-state index contributed by atoms with van der Waals surface area (Å²) in [6.07, 6.45) is 2.72. The molecular weight excluding hydrogens is 320 g/mol. The van der Waals surface area contributed by atoms with Gasteiger partial charge in [0.15, 0.2) is 0 Å². The molecular formula is C19H42N2O4. The summed E-state index contributed by atoms with van der Waals surface area (Å²) in [6.45, 7) is 14.0. The monoisotopic (exact) mass is 362 g/mol. The van der Waals surface area contributed by atoms with E-state index < -0.39 is 0 Å². The summed E-state index contributed by atoms with van der Waals surface area (Å²) < 4.78 is 16.0. The molecule has 1 aliphatic rings. The van der Waals surface area contributed by atoms with Crippen LogP contribution in [0.3, 0.4) is 0 Å². The predicted molar refractivity (Wildman–Crippen MR) is 104 cm³/mol. The zero-order valence-corrected chi connectivity index (χ0v) is 16.8. The van der Waals surface area contributed by atoms with Gasteiger partial charge in [-0.15, -0.1) is 0 Å². The molecule has 0 spiro atoms. The maximum atomic E-state index is 12.1. The number of carbonyl (C=O) groups excluding carboxylic acids is 1. The fraction of sp³-hybridized carbons (Fsp3) is 0.947. The van der Waals surface area contributed by atoms with E-state index in [2.05, 4.69) is 13.8 Å². The van der Waals surface area contributed by atoms with Crippen molar-refractivity contribution < 1.29 is 20.4 Å². The van der Waals surface area contributed by atoms with Crippen molar-refractivity contribution in [3.63, 3.8) is 0 Å². The molecule has 1 fully saturated rings. The molecule has 1 aliphatic heterocycles. The third kappa shape index (κ3) is 12.3. The summed E-state index contributed by atoms with van der Waals surface area (Å²) in [6, 6.07) is 0. The third-order valence-electron chi connectivity index (χ3n) is 4.30. The first kappa shape index (κ1) is 24.3. The quantitative estimate of drug-likeness (QED) is 0.540. The van der Waals surface area contributed by atoms with Crippen molar-refractivity contribution in [1.29, 1.82) is 0 Å². The lowest BCUT2D eigenvalue weighted by Crippen LogP contribution is -2.39. The van der Waals surface area contributed by atoms with E-state index in [0.717, 1.165) is 37.8 Å². The molecule has 0 aromatic heterocycles. The lowest BCUT2D eigenvalue weighted by Gasteiger charge is -2.34. The first-order valence-electron chi connectivity index (χ1n) is 9.86. The Bertz CT molecular complexity index is 312. The van der Waals surface area contributed by atoms with Gasteiger partial charge in [-0.3, -0.25) is 4.79 Å². The molecule has 2 N–H and O–H groups in total. The average molecular weight is 363 g/mol. The fourth-order valence-corrected chi connectivity index (χ4v) is 2.76. The number of ether oxygens (including phenoxy) is 3. The number of carbonyl (C=O) groups is 1. The van der Waals surface area contributed by atoms with Crippen LogP contribution in [0.25, 0.3) is 0 Å². The molecule has 0 atom stereocenters. The molecule has 0 radical (unpaired) electrons. The van der Waals surface area contributed by atoms with Gasteiger partial charge in [-0.1, -0.05) is 27.7 Å². The Morgan fingerprint density at radius 1 is 1.00 bits per heavy atom. The van der Waals surface area contributed by atoms with Crippen molar-refractivity contribution in [2.75, 3.05) is 59.3 Å². The molecule has 0 aromatic carbocycles. The zero-order chi connectivity index (χ0) is 18.9. The van der Waals surface area contributed by atoms with E-state index in [1.807, 2.05) is 18.7 Å². The first-order chi connectivity index (χ1) is 12.1. The van der Waals surface area contributed by atoms with E-state index in [0.29, 0.717) is 52.6 Å². The Morgan fingerprint density at radius 2 is 1.48 bits per heavy atom. The van der Waals surface area contributed by atoms with E-state index in [1.54, 1.807) is 0 Å². The van der Waals surface area contributed by atoms with Crippen LogP contribution in [-0.2, 0) is 19.0 Å². The van der Waals surface area contributed by atoms with Gasteiger partial charge < -0.3 is 24.8 Å². The van der Waals surface area contributed by atoms with Crippen LogP contribution >= 0.6 is 0 Å². The predicted octanol–water partition coefficient (Wildman–Crippen LogP) is 2.55. The molecule has 0 unspecified atom stereocenters. The van der Waals surface area contributed by atoms with Crippen LogP contribution in [0.5, 0.6) is 0 Å². The topological polar surface area (TPSA) is 74.0 Å². The summed E-state index contributed by atoms with van der Waals surface area (Å²) in [5.41, 5.74) is 5.31. The molecule has 152 valence electrons. The molecule has 6 nitrogen and oxygen atoms in total. The molecule has 1 amide bonds. The van der Waals surface area contributed by atoms with Gasteiger partial charge in [-0.2, -0.15) is 0 Å². The lowest BCUT2D eigenvalue weighted by molar-refractivity contribution is -0.134. The lowest BCUT2D eigenvalue weighted by atomic mass is 9.86. The van der Waals surface area contributed by atoms with E-state index >= 15 is 0 Å². The number of nitrogens with two attached hydrogens (primary N) is 1. The Balaban J connectivity index is 0. The maximum absolute atomic E-state index is 12.1. The van der Waals surface area contributed by atoms with Crippen molar-refractivity contribution in [2.45, 2.75) is 47.0 Å². The van der Waals surface area contributed by atoms with Gasteiger partial charge in [0.25, 0.3) is 0 Å². The van der Waals surface area contributed by atoms with E-state index in [4.69, 9.17) is 19.9 Å².